The van der Waals surface area contributed by atoms with Gasteiger partial charge < -0.3 is 11.1 Å². The molecule has 0 saturated carbocycles. The number of benzene rings is 2. The van der Waals surface area contributed by atoms with Crippen molar-refractivity contribution in [1.29, 1.82) is 0 Å². The maximum absolute atomic E-state index is 6.22. The second-order valence-electron chi connectivity index (χ2n) is 6.92. The van der Waals surface area contributed by atoms with Crippen LogP contribution in [0.4, 0.5) is 11.4 Å². The average molecular weight is 331 g/mol. The van der Waals surface area contributed by atoms with Gasteiger partial charge in [0.15, 0.2) is 0 Å². The van der Waals surface area contributed by atoms with E-state index in [1.165, 1.54) is 22.4 Å². The van der Waals surface area contributed by atoms with E-state index in [4.69, 9.17) is 17.3 Å². The Balaban J connectivity index is 2.18. The monoisotopic (exact) mass is 330 g/mol. The minimum Gasteiger partial charge on any atom is -0.399 e. The van der Waals surface area contributed by atoms with E-state index in [9.17, 15) is 0 Å². The molecule has 3 N–H and O–H groups in total. The molecule has 0 bridgehead atoms. The highest BCUT2D eigenvalue weighted by atomic mass is 35.5. The second kappa shape index (κ2) is 7.27. The van der Waals surface area contributed by atoms with E-state index in [0.29, 0.717) is 0 Å². The van der Waals surface area contributed by atoms with Crippen LogP contribution < -0.4 is 11.1 Å². The molecule has 2 rings (SSSR count). The number of halogens is 1. The Morgan fingerprint density at radius 3 is 2.52 bits per heavy atom. The lowest BCUT2D eigenvalue weighted by atomic mass is 9.83. The number of hydrogen-bond donors (Lipinski definition) is 2. The number of hydrogen-bond acceptors (Lipinski definition) is 2. The molecule has 0 radical (unpaired) electrons. The van der Waals surface area contributed by atoms with Crippen LogP contribution in [0.15, 0.2) is 36.4 Å². The summed E-state index contributed by atoms with van der Waals surface area (Å²) in [5.74, 6) is 0. The van der Waals surface area contributed by atoms with Crippen LogP contribution in [0.5, 0.6) is 0 Å². The lowest BCUT2D eigenvalue weighted by Gasteiger charge is -2.27. The summed E-state index contributed by atoms with van der Waals surface area (Å²) in [5, 5.41) is 4.40. The average Bonchev–Trinajstić information content (AvgIpc) is 2.46. The summed E-state index contributed by atoms with van der Waals surface area (Å²) in [4.78, 5) is 0. The van der Waals surface area contributed by atoms with E-state index < -0.39 is 0 Å². The van der Waals surface area contributed by atoms with Gasteiger partial charge in [0.2, 0.25) is 0 Å². The van der Waals surface area contributed by atoms with E-state index in [0.717, 1.165) is 30.1 Å². The van der Waals surface area contributed by atoms with Crippen LogP contribution in [0.3, 0.4) is 0 Å². The van der Waals surface area contributed by atoms with Gasteiger partial charge in [0.1, 0.15) is 0 Å². The maximum Gasteiger partial charge on any atom is 0.0411 e. The molecule has 0 spiro atoms. The van der Waals surface area contributed by atoms with E-state index in [1.54, 1.807) is 0 Å². The molecule has 0 atom stereocenters. The van der Waals surface area contributed by atoms with Crippen molar-refractivity contribution in [1.82, 2.24) is 0 Å². The molecule has 2 aromatic carbocycles. The van der Waals surface area contributed by atoms with Gasteiger partial charge in [-0.3, -0.25) is 0 Å². The van der Waals surface area contributed by atoms with E-state index in [1.807, 2.05) is 12.1 Å². The van der Waals surface area contributed by atoms with Crippen molar-refractivity contribution in [2.45, 2.75) is 46.0 Å². The molecule has 0 aliphatic carbocycles. The molecule has 0 amide bonds. The lowest BCUT2D eigenvalue weighted by molar-refractivity contribution is 0.556. The van der Waals surface area contributed by atoms with Gasteiger partial charge in [0.05, 0.1) is 0 Å². The zero-order valence-corrected chi connectivity index (χ0v) is 15.3. The van der Waals surface area contributed by atoms with Crippen molar-refractivity contribution < 1.29 is 0 Å². The Morgan fingerprint density at radius 1 is 1.13 bits per heavy atom. The third kappa shape index (κ3) is 4.65. The minimum absolute atomic E-state index is 0.0134. The summed E-state index contributed by atoms with van der Waals surface area (Å²) in [7, 11) is 0. The summed E-state index contributed by atoms with van der Waals surface area (Å²) >= 11 is 6.22. The standard InChI is InChI=1S/C20H27ClN2/c1-5-6-15-11-18(22)7-8-19(15)23-13-20(3,4)16-9-14(2)10-17(21)12-16/h7-12,23H,5-6,13,22H2,1-4H3. The number of nitrogens with two attached hydrogens (primary N) is 1. The third-order valence-electron chi connectivity index (χ3n) is 4.19. The molecule has 0 aliphatic rings. The van der Waals surface area contributed by atoms with Gasteiger partial charge in [-0.25, -0.2) is 0 Å². The van der Waals surface area contributed by atoms with Crippen molar-refractivity contribution in [3.8, 4) is 0 Å². The summed E-state index contributed by atoms with van der Waals surface area (Å²) in [5.41, 5.74) is 11.6. The van der Waals surface area contributed by atoms with Gasteiger partial charge in [-0.05, 0) is 60.4 Å². The summed E-state index contributed by atoms with van der Waals surface area (Å²) < 4.78 is 0. The maximum atomic E-state index is 6.22. The molecule has 0 aliphatic heterocycles. The van der Waals surface area contributed by atoms with Crippen molar-refractivity contribution >= 4 is 23.0 Å². The first-order chi connectivity index (χ1) is 10.8. The number of anilines is 2. The first kappa shape index (κ1) is 17.7. The molecular formula is C20H27ClN2. The van der Waals surface area contributed by atoms with Crippen LogP contribution in [-0.2, 0) is 11.8 Å². The van der Waals surface area contributed by atoms with Crippen LogP contribution in [0.2, 0.25) is 5.02 Å². The Morgan fingerprint density at radius 2 is 1.87 bits per heavy atom. The van der Waals surface area contributed by atoms with Crippen molar-refractivity contribution in [2.24, 2.45) is 0 Å². The van der Waals surface area contributed by atoms with Crippen LogP contribution in [0.25, 0.3) is 0 Å². The van der Waals surface area contributed by atoms with Crippen LogP contribution in [0, 0.1) is 6.92 Å². The van der Waals surface area contributed by atoms with Gasteiger partial charge >= 0.3 is 0 Å². The topological polar surface area (TPSA) is 38.0 Å². The van der Waals surface area contributed by atoms with Crippen molar-refractivity contribution in [3.05, 3.63) is 58.1 Å². The van der Waals surface area contributed by atoms with Crippen molar-refractivity contribution in [3.63, 3.8) is 0 Å². The first-order valence-corrected chi connectivity index (χ1v) is 8.59. The number of nitrogen functional groups attached to an aromatic ring is 1. The van der Waals surface area contributed by atoms with Crippen LogP contribution in [-0.4, -0.2) is 6.54 Å². The summed E-state index contributed by atoms with van der Waals surface area (Å²) in [6.45, 7) is 9.58. The van der Waals surface area contributed by atoms with Gasteiger partial charge in [0, 0.05) is 28.4 Å². The van der Waals surface area contributed by atoms with Gasteiger partial charge in [0.25, 0.3) is 0 Å². The molecule has 0 fully saturated rings. The minimum atomic E-state index is -0.0134. The quantitative estimate of drug-likeness (QED) is 0.679. The van der Waals surface area contributed by atoms with E-state index >= 15 is 0 Å². The first-order valence-electron chi connectivity index (χ1n) is 8.22. The molecule has 124 valence electrons. The zero-order valence-electron chi connectivity index (χ0n) is 14.5. The highest BCUT2D eigenvalue weighted by molar-refractivity contribution is 6.30. The smallest absolute Gasteiger partial charge is 0.0411 e. The van der Waals surface area contributed by atoms with E-state index in [2.05, 4.69) is 57.3 Å². The number of nitrogens with one attached hydrogen (secondary N) is 1. The van der Waals surface area contributed by atoms with E-state index in [-0.39, 0.29) is 5.41 Å². The normalized spacial score (nSPS) is 11.5. The van der Waals surface area contributed by atoms with Crippen LogP contribution >= 0.6 is 11.6 Å². The Hall–Kier alpha value is -1.67. The molecule has 2 nitrogen and oxygen atoms in total. The predicted molar refractivity (Wildman–Crippen MR) is 103 cm³/mol. The predicted octanol–water partition coefficient (Wildman–Crippen LogP) is 5.57. The lowest BCUT2D eigenvalue weighted by Crippen LogP contribution is -2.28. The van der Waals surface area contributed by atoms with Crippen molar-refractivity contribution in [2.75, 3.05) is 17.6 Å². The number of rotatable bonds is 6. The molecular weight excluding hydrogens is 304 g/mol. The largest absolute Gasteiger partial charge is 0.399 e. The molecule has 3 heteroatoms. The Kier molecular flexibility index (Phi) is 5.59. The second-order valence-corrected chi connectivity index (χ2v) is 7.36. The molecule has 0 unspecified atom stereocenters. The summed E-state index contributed by atoms with van der Waals surface area (Å²) in [6.07, 6.45) is 2.14. The molecule has 0 heterocycles. The fraction of sp³-hybridized carbons (Fsp3) is 0.400. The highest BCUT2D eigenvalue weighted by Gasteiger charge is 2.21. The third-order valence-corrected chi connectivity index (χ3v) is 4.41. The SMILES string of the molecule is CCCc1cc(N)ccc1NCC(C)(C)c1cc(C)cc(Cl)c1. The number of aryl methyl sites for hydroxylation is 2. The Labute approximate surface area is 145 Å². The van der Waals surface area contributed by atoms with Crippen LogP contribution in [0.1, 0.15) is 43.9 Å². The Bertz CT molecular complexity index is 657. The van der Waals surface area contributed by atoms with Gasteiger partial charge in [-0.2, -0.15) is 0 Å². The van der Waals surface area contributed by atoms with Gasteiger partial charge in [-0.15, -0.1) is 0 Å². The highest BCUT2D eigenvalue weighted by Crippen LogP contribution is 2.29. The zero-order chi connectivity index (χ0) is 17.0. The fourth-order valence-electron chi connectivity index (χ4n) is 2.81. The molecule has 0 aromatic heterocycles. The molecule has 2 aromatic rings. The summed E-state index contributed by atoms with van der Waals surface area (Å²) in [6, 6.07) is 12.4. The molecule has 23 heavy (non-hydrogen) atoms. The molecule has 0 saturated heterocycles. The van der Waals surface area contributed by atoms with Gasteiger partial charge in [-0.1, -0.05) is 44.9 Å². The fourth-order valence-corrected chi connectivity index (χ4v) is 3.10.